The minimum absolute atomic E-state index is 0.633. The Morgan fingerprint density at radius 1 is 0.298 bits per heavy atom. The molecule has 0 unspecified atom stereocenters. The quantitative estimate of drug-likeness (QED) is 0.160. The molecule has 3 aromatic heterocycles. The summed E-state index contributed by atoms with van der Waals surface area (Å²) in [5.41, 5.74) is 11.5. The van der Waals surface area contributed by atoms with Crippen LogP contribution in [0.4, 0.5) is 0 Å². The van der Waals surface area contributed by atoms with E-state index in [1.54, 1.807) is 0 Å². The highest BCUT2D eigenvalue weighted by molar-refractivity contribution is 6.29. The minimum atomic E-state index is 0.633. The molecule has 57 heavy (non-hydrogen) atoms. The molecule has 11 rings (SSSR count). The number of benzene rings is 8. The van der Waals surface area contributed by atoms with Gasteiger partial charge in [0.1, 0.15) is 0 Å². The Kier molecular flexibility index (Phi) is 7.74. The summed E-state index contributed by atoms with van der Waals surface area (Å²) >= 11 is 0. The first-order valence-electron chi connectivity index (χ1n) is 19.1. The van der Waals surface area contributed by atoms with Crippen LogP contribution in [-0.2, 0) is 0 Å². The number of nitrogens with zero attached hydrogens (tertiary/aromatic N) is 5. The molecule has 0 amide bonds. The molecule has 0 saturated heterocycles. The topological polar surface area (TPSA) is 56.5 Å². The average molecular weight is 728 g/mol. The molecule has 0 spiro atoms. The van der Waals surface area contributed by atoms with Crippen molar-refractivity contribution in [1.29, 1.82) is 0 Å². The molecule has 8 aromatic carbocycles. The van der Waals surface area contributed by atoms with E-state index in [1.165, 1.54) is 27.2 Å². The third-order valence-electron chi connectivity index (χ3n) is 10.8. The van der Waals surface area contributed by atoms with Crippen LogP contribution in [0.15, 0.2) is 200 Å². The number of pyridine rings is 1. The van der Waals surface area contributed by atoms with Crippen molar-refractivity contribution in [3.8, 4) is 62.2 Å². The van der Waals surface area contributed by atoms with Crippen LogP contribution in [0.25, 0.3) is 106 Å². The van der Waals surface area contributed by atoms with Crippen LogP contribution in [0.5, 0.6) is 0 Å². The summed E-state index contributed by atoms with van der Waals surface area (Å²) in [5.74, 6) is 1.92. The van der Waals surface area contributed by atoms with E-state index >= 15 is 0 Å². The highest BCUT2D eigenvalue weighted by Gasteiger charge is 2.20. The second kappa shape index (κ2) is 13.5. The van der Waals surface area contributed by atoms with E-state index in [0.29, 0.717) is 17.5 Å². The van der Waals surface area contributed by atoms with E-state index in [9.17, 15) is 0 Å². The molecule has 0 bridgehead atoms. The molecule has 0 radical (unpaired) electrons. The first-order chi connectivity index (χ1) is 28.3. The molecule has 0 saturated carbocycles. The zero-order valence-corrected chi connectivity index (χ0v) is 30.8. The Balaban J connectivity index is 1.10. The van der Waals surface area contributed by atoms with Gasteiger partial charge in [0.15, 0.2) is 17.5 Å². The fourth-order valence-electron chi connectivity index (χ4n) is 8.15. The molecule has 0 atom stereocenters. The molecule has 0 aliphatic rings. The van der Waals surface area contributed by atoms with E-state index < -0.39 is 0 Å². The highest BCUT2D eigenvalue weighted by atomic mass is 15.0. The standard InChI is InChI=1S/C52H33N5/c1-5-15-35(16-6-1)49-42-30-32-46-48(41-23-13-14-24-45(41)57(46)40-21-11-4-12-22-40)47(42)43-33-39(29-31-44(43)53-49)34-25-27-38(28-26-34)52-55-50(36-17-7-2-8-18-36)54-51(56-52)37-19-9-3-10-20-37/h1-33H. The molecule has 0 N–H and O–H groups in total. The van der Waals surface area contributed by atoms with Gasteiger partial charge in [-0.05, 0) is 47.5 Å². The number of hydrogen-bond donors (Lipinski definition) is 0. The first-order valence-corrected chi connectivity index (χ1v) is 19.1. The van der Waals surface area contributed by atoms with Crippen LogP contribution in [0, 0.1) is 0 Å². The maximum atomic E-state index is 5.35. The van der Waals surface area contributed by atoms with Gasteiger partial charge in [0.05, 0.1) is 22.2 Å². The lowest BCUT2D eigenvalue weighted by molar-refractivity contribution is 1.07. The molecular weight excluding hydrogens is 695 g/mol. The van der Waals surface area contributed by atoms with Crippen molar-refractivity contribution in [3.63, 3.8) is 0 Å². The summed E-state index contributed by atoms with van der Waals surface area (Å²) in [4.78, 5) is 20.1. The van der Waals surface area contributed by atoms with Gasteiger partial charge < -0.3 is 4.57 Å². The molecule has 0 aliphatic carbocycles. The molecule has 5 nitrogen and oxygen atoms in total. The Morgan fingerprint density at radius 2 is 0.807 bits per heavy atom. The predicted octanol–water partition coefficient (Wildman–Crippen LogP) is 13.0. The zero-order chi connectivity index (χ0) is 37.7. The second-order valence-electron chi connectivity index (χ2n) is 14.2. The van der Waals surface area contributed by atoms with Crippen LogP contribution >= 0.6 is 0 Å². The van der Waals surface area contributed by atoms with Gasteiger partial charge in [-0.3, -0.25) is 0 Å². The predicted molar refractivity (Wildman–Crippen MR) is 234 cm³/mol. The number of aromatic nitrogens is 5. The van der Waals surface area contributed by atoms with Crippen LogP contribution in [0.3, 0.4) is 0 Å². The normalized spacial score (nSPS) is 11.5. The van der Waals surface area contributed by atoms with E-state index in [2.05, 4.69) is 144 Å². The highest BCUT2D eigenvalue weighted by Crippen LogP contribution is 2.43. The van der Waals surface area contributed by atoms with Gasteiger partial charge in [-0.25, -0.2) is 19.9 Å². The minimum Gasteiger partial charge on any atom is -0.309 e. The van der Waals surface area contributed by atoms with Crippen molar-refractivity contribution < 1.29 is 0 Å². The molecule has 0 aliphatic heterocycles. The lowest BCUT2D eigenvalue weighted by Crippen LogP contribution is -2.00. The summed E-state index contributed by atoms with van der Waals surface area (Å²) in [6.07, 6.45) is 0. The lowest BCUT2D eigenvalue weighted by Gasteiger charge is -2.14. The first kappa shape index (κ1) is 32.7. The average Bonchev–Trinajstić information content (AvgIpc) is 3.64. The molecule has 266 valence electrons. The smallest absolute Gasteiger partial charge is 0.164 e. The van der Waals surface area contributed by atoms with Gasteiger partial charge in [0.25, 0.3) is 0 Å². The van der Waals surface area contributed by atoms with E-state index in [0.717, 1.165) is 61.1 Å². The Labute approximate surface area is 329 Å². The van der Waals surface area contributed by atoms with Crippen LogP contribution in [-0.4, -0.2) is 24.5 Å². The van der Waals surface area contributed by atoms with Crippen molar-refractivity contribution in [2.75, 3.05) is 0 Å². The van der Waals surface area contributed by atoms with Crippen molar-refractivity contribution in [3.05, 3.63) is 200 Å². The van der Waals surface area contributed by atoms with Gasteiger partial charge in [0.2, 0.25) is 0 Å². The summed E-state index contributed by atoms with van der Waals surface area (Å²) in [6, 6.07) is 69.8. The van der Waals surface area contributed by atoms with Gasteiger partial charge in [-0.15, -0.1) is 0 Å². The summed E-state index contributed by atoms with van der Waals surface area (Å²) in [6.45, 7) is 0. The molecule has 5 heteroatoms. The van der Waals surface area contributed by atoms with Gasteiger partial charge in [0, 0.05) is 54.9 Å². The second-order valence-corrected chi connectivity index (χ2v) is 14.2. The van der Waals surface area contributed by atoms with Crippen molar-refractivity contribution >= 4 is 43.5 Å². The molecule has 3 heterocycles. The third-order valence-corrected chi connectivity index (χ3v) is 10.8. The molecule has 11 aromatic rings. The monoisotopic (exact) mass is 727 g/mol. The third kappa shape index (κ3) is 5.64. The summed E-state index contributed by atoms with van der Waals surface area (Å²) in [5, 5.41) is 5.88. The van der Waals surface area contributed by atoms with Crippen LogP contribution in [0.2, 0.25) is 0 Å². The summed E-state index contributed by atoms with van der Waals surface area (Å²) in [7, 11) is 0. The summed E-state index contributed by atoms with van der Waals surface area (Å²) < 4.78 is 2.38. The van der Waals surface area contributed by atoms with E-state index in [4.69, 9.17) is 19.9 Å². The number of rotatable bonds is 6. The Bertz CT molecular complexity index is 3190. The Morgan fingerprint density at radius 3 is 1.44 bits per heavy atom. The molecular formula is C52H33N5. The maximum Gasteiger partial charge on any atom is 0.164 e. The molecule has 0 fully saturated rings. The van der Waals surface area contributed by atoms with Crippen LogP contribution < -0.4 is 0 Å². The van der Waals surface area contributed by atoms with Gasteiger partial charge >= 0.3 is 0 Å². The number of hydrogen-bond acceptors (Lipinski definition) is 4. The SMILES string of the molecule is c1ccc(-c2nc(-c3ccccc3)nc(-c3ccc(-c4ccc5nc(-c6ccccc6)c6ccc7c(c8ccccc8n7-c7ccccc7)c6c5c4)cc3)n2)cc1. The lowest BCUT2D eigenvalue weighted by atomic mass is 9.94. The zero-order valence-electron chi connectivity index (χ0n) is 30.8. The van der Waals surface area contributed by atoms with E-state index in [1.807, 2.05) is 60.7 Å². The largest absolute Gasteiger partial charge is 0.309 e. The number of fused-ring (bicyclic) bond motifs is 7. The van der Waals surface area contributed by atoms with Crippen molar-refractivity contribution in [2.45, 2.75) is 0 Å². The van der Waals surface area contributed by atoms with E-state index in [-0.39, 0.29) is 0 Å². The van der Waals surface area contributed by atoms with Gasteiger partial charge in [-0.2, -0.15) is 0 Å². The maximum absolute atomic E-state index is 5.35. The number of para-hydroxylation sites is 2. The van der Waals surface area contributed by atoms with Crippen LogP contribution in [0.1, 0.15) is 0 Å². The van der Waals surface area contributed by atoms with Crippen molar-refractivity contribution in [1.82, 2.24) is 24.5 Å². The fraction of sp³-hybridized carbons (Fsp3) is 0. The van der Waals surface area contributed by atoms with Gasteiger partial charge in [-0.1, -0.05) is 164 Å². The van der Waals surface area contributed by atoms with Crippen molar-refractivity contribution in [2.24, 2.45) is 0 Å². The fourth-order valence-corrected chi connectivity index (χ4v) is 8.15. The Hall–Kier alpha value is -7.76.